The summed E-state index contributed by atoms with van der Waals surface area (Å²) in [5, 5.41) is 10.2. The molecule has 4 nitrogen and oxygen atoms in total. The second-order valence-electron chi connectivity index (χ2n) is 5.84. The van der Waals surface area contributed by atoms with Crippen LogP contribution >= 0.6 is 0 Å². The van der Waals surface area contributed by atoms with Gasteiger partial charge in [-0.15, -0.1) is 0 Å². The number of rotatable bonds is 4. The number of hydrogen-bond acceptors (Lipinski definition) is 3. The van der Waals surface area contributed by atoms with Crippen molar-refractivity contribution in [3.8, 4) is 5.75 Å². The normalized spacial score (nSPS) is 11.8. The number of carbonyl (C=O) groups is 1. The number of para-hydroxylation sites is 1. The van der Waals surface area contributed by atoms with Crippen LogP contribution in [-0.4, -0.2) is 17.7 Å². The molecule has 1 aromatic heterocycles. The Bertz CT molecular complexity index is 632. The summed E-state index contributed by atoms with van der Waals surface area (Å²) in [4.78, 5) is 11.4. The molecule has 20 heavy (non-hydrogen) atoms. The monoisotopic (exact) mass is 276 g/mol. The number of furan rings is 1. The molecule has 0 aliphatic heterocycles. The Balaban J connectivity index is 2.71. The predicted molar refractivity (Wildman–Crippen MR) is 77.7 cm³/mol. The fraction of sp³-hybridized carbons (Fsp3) is 0.438. The van der Waals surface area contributed by atoms with Crippen molar-refractivity contribution in [1.29, 1.82) is 0 Å². The van der Waals surface area contributed by atoms with Crippen molar-refractivity contribution in [2.24, 2.45) is 0 Å². The van der Waals surface area contributed by atoms with Crippen LogP contribution in [0.15, 0.2) is 22.6 Å². The molecule has 0 amide bonds. The summed E-state index contributed by atoms with van der Waals surface area (Å²) in [6, 6.07) is 5.55. The van der Waals surface area contributed by atoms with Crippen molar-refractivity contribution in [2.75, 3.05) is 6.61 Å². The molecule has 0 bridgehead atoms. The highest BCUT2D eigenvalue weighted by molar-refractivity contribution is 5.97. The van der Waals surface area contributed by atoms with Crippen LogP contribution in [0, 0.1) is 0 Å². The van der Waals surface area contributed by atoms with Gasteiger partial charge in [-0.1, -0.05) is 39.8 Å². The molecule has 0 saturated heterocycles. The minimum atomic E-state index is -1.05. The molecule has 1 heterocycles. The van der Waals surface area contributed by atoms with Gasteiger partial charge in [0, 0.05) is 10.9 Å². The molecule has 1 aromatic carbocycles. The minimum Gasteiger partial charge on any atom is -0.490 e. The van der Waals surface area contributed by atoms with Gasteiger partial charge in [0.1, 0.15) is 0 Å². The van der Waals surface area contributed by atoms with Gasteiger partial charge in [-0.2, -0.15) is 0 Å². The van der Waals surface area contributed by atoms with Crippen LogP contribution in [-0.2, 0) is 5.41 Å². The molecule has 0 saturated carbocycles. The standard InChI is InChI=1S/C16H20O4/c1-5-9-19-11-8-6-7-10-12(16(2,3)4)14(15(17)18)20-13(10)11/h6-8H,5,9H2,1-4H3,(H,17,18). The largest absolute Gasteiger partial charge is 0.490 e. The lowest BCUT2D eigenvalue weighted by Crippen LogP contribution is -2.15. The quantitative estimate of drug-likeness (QED) is 0.908. The first-order chi connectivity index (χ1) is 9.36. The van der Waals surface area contributed by atoms with Crippen molar-refractivity contribution in [2.45, 2.75) is 39.5 Å². The molecular formula is C16H20O4. The Hall–Kier alpha value is -1.97. The van der Waals surface area contributed by atoms with Gasteiger partial charge in [0.2, 0.25) is 5.76 Å². The van der Waals surface area contributed by atoms with E-state index in [4.69, 9.17) is 9.15 Å². The first-order valence-electron chi connectivity index (χ1n) is 6.78. The van der Waals surface area contributed by atoms with Crippen LogP contribution in [0.3, 0.4) is 0 Å². The molecule has 4 heteroatoms. The lowest BCUT2D eigenvalue weighted by molar-refractivity contribution is 0.0661. The van der Waals surface area contributed by atoms with Gasteiger partial charge >= 0.3 is 5.97 Å². The summed E-state index contributed by atoms with van der Waals surface area (Å²) in [7, 11) is 0. The van der Waals surface area contributed by atoms with Crippen LogP contribution < -0.4 is 4.74 Å². The zero-order valence-electron chi connectivity index (χ0n) is 12.3. The fourth-order valence-electron chi connectivity index (χ4n) is 2.31. The van der Waals surface area contributed by atoms with Crippen molar-refractivity contribution in [3.63, 3.8) is 0 Å². The average molecular weight is 276 g/mol. The van der Waals surface area contributed by atoms with Crippen molar-refractivity contribution < 1.29 is 19.1 Å². The minimum absolute atomic E-state index is 0.0000449. The lowest BCUT2D eigenvalue weighted by atomic mass is 9.85. The third-order valence-corrected chi connectivity index (χ3v) is 3.09. The van der Waals surface area contributed by atoms with E-state index in [0.29, 0.717) is 23.5 Å². The van der Waals surface area contributed by atoms with Crippen molar-refractivity contribution in [1.82, 2.24) is 0 Å². The fourth-order valence-corrected chi connectivity index (χ4v) is 2.31. The van der Waals surface area contributed by atoms with Gasteiger partial charge in [-0.3, -0.25) is 0 Å². The molecule has 2 rings (SSSR count). The van der Waals surface area contributed by atoms with Gasteiger partial charge in [-0.05, 0) is 17.9 Å². The summed E-state index contributed by atoms with van der Waals surface area (Å²) >= 11 is 0. The topological polar surface area (TPSA) is 59.7 Å². The van der Waals surface area contributed by atoms with Crippen molar-refractivity contribution >= 4 is 16.9 Å². The molecule has 0 atom stereocenters. The Morgan fingerprint density at radius 3 is 2.60 bits per heavy atom. The van der Waals surface area contributed by atoms with E-state index in [1.807, 2.05) is 39.8 Å². The Kier molecular flexibility index (Phi) is 3.75. The van der Waals surface area contributed by atoms with E-state index in [1.165, 1.54) is 0 Å². The van der Waals surface area contributed by atoms with E-state index in [9.17, 15) is 9.90 Å². The first-order valence-corrected chi connectivity index (χ1v) is 6.78. The highest BCUT2D eigenvalue weighted by Crippen LogP contribution is 2.39. The lowest BCUT2D eigenvalue weighted by Gasteiger charge is -2.18. The zero-order valence-corrected chi connectivity index (χ0v) is 12.3. The summed E-state index contributed by atoms with van der Waals surface area (Å²) in [5.74, 6) is -0.449. The smallest absolute Gasteiger partial charge is 0.372 e. The first kappa shape index (κ1) is 14.4. The Morgan fingerprint density at radius 1 is 1.35 bits per heavy atom. The second kappa shape index (κ2) is 5.19. The van der Waals surface area contributed by atoms with Gasteiger partial charge in [-0.25, -0.2) is 4.79 Å². The highest BCUT2D eigenvalue weighted by atomic mass is 16.5. The average Bonchev–Trinajstić information content (AvgIpc) is 2.76. The summed E-state index contributed by atoms with van der Waals surface area (Å²) in [5.41, 5.74) is 0.910. The Labute approximate surface area is 118 Å². The van der Waals surface area contributed by atoms with Crippen LogP contribution in [0.2, 0.25) is 0 Å². The van der Waals surface area contributed by atoms with Crippen molar-refractivity contribution in [3.05, 3.63) is 29.5 Å². The third-order valence-electron chi connectivity index (χ3n) is 3.09. The van der Waals surface area contributed by atoms with Gasteiger partial charge in [0.15, 0.2) is 11.3 Å². The van der Waals surface area contributed by atoms with Crippen LogP contribution in [0.4, 0.5) is 0 Å². The summed E-state index contributed by atoms with van der Waals surface area (Å²) < 4.78 is 11.2. The molecule has 0 unspecified atom stereocenters. The number of aromatic carboxylic acids is 1. The van der Waals surface area contributed by atoms with E-state index in [-0.39, 0.29) is 11.2 Å². The van der Waals surface area contributed by atoms with E-state index in [0.717, 1.165) is 11.8 Å². The van der Waals surface area contributed by atoms with Gasteiger partial charge in [0.25, 0.3) is 0 Å². The summed E-state index contributed by atoms with van der Waals surface area (Å²) in [6.07, 6.45) is 0.884. The molecule has 1 N–H and O–H groups in total. The van der Waals surface area contributed by atoms with Crippen LogP contribution in [0.5, 0.6) is 5.75 Å². The maximum absolute atomic E-state index is 11.4. The number of ether oxygens (including phenoxy) is 1. The molecule has 0 spiro atoms. The maximum atomic E-state index is 11.4. The number of carboxylic acid groups (broad SMARTS) is 1. The Morgan fingerprint density at radius 2 is 2.05 bits per heavy atom. The van der Waals surface area contributed by atoms with Crippen LogP contribution in [0.1, 0.15) is 50.2 Å². The number of benzene rings is 1. The molecule has 0 radical (unpaired) electrons. The van der Waals surface area contributed by atoms with E-state index < -0.39 is 5.97 Å². The van der Waals surface area contributed by atoms with E-state index in [2.05, 4.69) is 0 Å². The molecular weight excluding hydrogens is 256 g/mol. The summed E-state index contributed by atoms with van der Waals surface area (Å²) in [6.45, 7) is 8.52. The number of hydrogen-bond donors (Lipinski definition) is 1. The number of fused-ring (bicyclic) bond motifs is 1. The number of carboxylic acids is 1. The van der Waals surface area contributed by atoms with Gasteiger partial charge < -0.3 is 14.3 Å². The zero-order chi connectivity index (χ0) is 14.9. The highest BCUT2D eigenvalue weighted by Gasteiger charge is 2.29. The molecule has 0 fully saturated rings. The second-order valence-corrected chi connectivity index (χ2v) is 5.84. The van der Waals surface area contributed by atoms with E-state index in [1.54, 1.807) is 6.07 Å². The predicted octanol–water partition coefficient (Wildman–Crippen LogP) is 4.22. The molecule has 2 aromatic rings. The third kappa shape index (κ3) is 2.50. The molecule has 108 valence electrons. The van der Waals surface area contributed by atoms with Crippen LogP contribution in [0.25, 0.3) is 11.0 Å². The SMILES string of the molecule is CCCOc1cccc2c(C(C)(C)C)c(C(=O)O)oc12. The maximum Gasteiger partial charge on any atom is 0.372 e. The van der Waals surface area contributed by atoms with E-state index >= 15 is 0 Å². The molecule has 0 aliphatic rings. The van der Waals surface area contributed by atoms with Gasteiger partial charge in [0.05, 0.1) is 6.61 Å². The molecule has 0 aliphatic carbocycles.